The summed E-state index contributed by atoms with van der Waals surface area (Å²) in [5, 5.41) is 0. The van der Waals surface area contributed by atoms with Gasteiger partial charge in [0, 0.05) is 19.1 Å². The zero-order valence-electron chi connectivity index (χ0n) is 11.4. The van der Waals surface area contributed by atoms with E-state index in [4.69, 9.17) is 10.5 Å². The Morgan fingerprint density at radius 3 is 2.79 bits per heavy atom. The average Bonchev–Trinajstić information content (AvgIpc) is 2.36. The van der Waals surface area contributed by atoms with Crippen LogP contribution >= 0.6 is 0 Å². The molecule has 0 amide bonds. The van der Waals surface area contributed by atoms with Crippen LogP contribution in [0, 0.1) is 5.92 Å². The molecule has 2 atom stereocenters. The van der Waals surface area contributed by atoms with Gasteiger partial charge in [0.1, 0.15) is 6.61 Å². The molecule has 0 aromatic heterocycles. The van der Waals surface area contributed by atoms with E-state index in [2.05, 4.69) is 11.8 Å². The van der Waals surface area contributed by atoms with Crippen molar-refractivity contribution in [3.8, 4) is 0 Å². The first-order chi connectivity index (χ1) is 9.13. The second kappa shape index (κ2) is 6.68. The molecule has 0 spiro atoms. The summed E-state index contributed by atoms with van der Waals surface area (Å²) in [6.45, 7) is 4.56. The molecule has 1 aromatic rings. The van der Waals surface area contributed by atoms with Crippen molar-refractivity contribution in [2.45, 2.75) is 26.0 Å². The Morgan fingerprint density at radius 2 is 2.11 bits per heavy atom. The first-order valence-corrected chi connectivity index (χ1v) is 6.81. The summed E-state index contributed by atoms with van der Waals surface area (Å²) >= 11 is 0. The van der Waals surface area contributed by atoms with Gasteiger partial charge < -0.3 is 10.5 Å². The van der Waals surface area contributed by atoms with Gasteiger partial charge in [-0.2, -0.15) is 0 Å². The zero-order chi connectivity index (χ0) is 13.7. The molecule has 0 unspecified atom stereocenters. The van der Waals surface area contributed by atoms with Crippen LogP contribution in [0.2, 0.25) is 0 Å². The van der Waals surface area contributed by atoms with Gasteiger partial charge in [-0.15, -0.1) is 0 Å². The summed E-state index contributed by atoms with van der Waals surface area (Å²) in [6, 6.07) is 9.90. The van der Waals surface area contributed by atoms with Gasteiger partial charge in [0.05, 0.1) is 6.54 Å². The smallest absolute Gasteiger partial charge is 0.320 e. The van der Waals surface area contributed by atoms with Crippen molar-refractivity contribution in [3.63, 3.8) is 0 Å². The molecule has 0 radical (unpaired) electrons. The molecule has 0 bridgehead atoms. The second-order valence-electron chi connectivity index (χ2n) is 5.44. The number of rotatable bonds is 4. The Labute approximate surface area is 114 Å². The third-order valence-electron chi connectivity index (χ3n) is 3.36. The molecule has 2 rings (SSSR count). The van der Waals surface area contributed by atoms with Crippen LogP contribution in [-0.2, 0) is 16.1 Å². The summed E-state index contributed by atoms with van der Waals surface area (Å²) in [6.07, 6.45) is 1.04. The lowest BCUT2D eigenvalue weighted by Crippen LogP contribution is -2.48. The molecule has 1 aromatic carbocycles. The van der Waals surface area contributed by atoms with E-state index in [9.17, 15) is 4.79 Å². The predicted molar refractivity (Wildman–Crippen MR) is 74.4 cm³/mol. The number of likely N-dealkylation sites (tertiary alicyclic amines) is 1. The van der Waals surface area contributed by atoms with E-state index in [1.165, 1.54) is 0 Å². The first-order valence-electron chi connectivity index (χ1n) is 6.81. The molecule has 1 fully saturated rings. The number of piperidine rings is 1. The number of nitrogens with two attached hydrogens (primary N) is 1. The molecule has 4 nitrogen and oxygen atoms in total. The fraction of sp³-hybridized carbons (Fsp3) is 0.533. The number of carbonyl (C=O) groups excluding carboxylic acids is 1. The van der Waals surface area contributed by atoms with Crippen LogP contribution in [-0.4, -0.2) is 36.5 Å². The highest BCUT2D eigenvalue weighted by Crippen LogP contribution is 2.14. The van der Waals surface area contributed by atoms with Gasteiger partial charge in [0.2, 0.25) is 0 Å². The Hall–Kier alpha value is -1.39. The standard InChI is InChI=1S/C15H22N2O2/c1-12-7-14(16)9-17(8-12)10-15(18)19-11-13-5-3-2-4-6-13/h2-6,12,14H,7-11,16H2,1H3/t12-,14+/m1/s1. The number of hydrogen-bond acceptors (Lipinski definition) is 4. The maximum atomic E-state index is 11.8. The molecule has 0 aliphatic carbocycles. The van der Waals surface area contributed by atoms with Crippen LogP contribution in [0.5, 0.6) is 0 Å². The predicted octanol–water partition coefficient (Wildman–Crippen LogP) is 1.40. The number of esters is 1. The summed E-state index contributed by atoms with van der Waals surface area (Å²) in [5.74, 6) is 0.371. The normalized spacial score (nSPS) is 24.1. The average molecular weight is 262 g/mol. The molecular weight excluding hydrogens is 240 g/mol. The van der Waals surface area contributed by atoms with Crippen molar-refractivity contribution in [1.29, 1.82) is 0 Å². The van der Waals surface area contributed by atoms with Gasteiger partial charge in [-0.05, 0) is 17.9 Å². The van der Waals surface area contributed by atoms with E-state index >= 15 is 0 Å². The zero-order valence-corrected chi connectivity index (χ0v) is 11.4. The second-order valence-corrected chi connectivity index (χ2v) is 5.44. The minimum atomic E-state index is -0.176. The van der Waals surface area contributed by atoms with Gasteiger partial charge in [-0.25, -0.2) is 0 Å². The quantitative estimate of drug-likeness (QED) is 0.833. The lowest BCUT2D eigenvalue weighted by atomic mass is 9.97. The topological polar surface area (TPSA) is 55.6 Å². The molecule has 1 heterocycles. The summed E-state index contributed by atoms with van der Waals surface area (Å²) < 4.78 is 5.28. The van der Waals surface area contributed by atoms with Crippen LogP contribution in [0.1, 0.15) is 18.9 Å². The molecule has 1 aliphatic rings. The molecule has 0 saturated carbocycles. The fourth-order valence-corrected chi connectivity index (χ4v) is 2.61. The van der Waals surface area contributed by atoms with Gasteiger partial charge in [-0.1, -0.05) is 37.3 Å². The van der Waals surface area contributed by atoms with Crippen LogP contribution < -0.4 is 5.73 Å². The third kappa shape index (κ3) is 4.65. The highest BCUT2D eigenvalue weighted by molar-refractivity contribution is 5.71. The molecular formula is C15H22N2O2. The van der Waals surface area contributed by atoms with Crippen molar-refractivity contribution in [1.82, 2.24) is 4.90 Å². The monoisotopic (exact) mass is 262 g/mol. The minimum Gasteiger partial charge on any atom is -0.460 e. The van der Waals surface area contributed by atoms with Gasteiger partial charge in [-0.3, -0.25) is 9.69 Å². The molecule has 2 N–H and O–H groups in total. The molecule has 1 saturated heterocycles. The number of carbonyl (C=O) groups is 1. The number of ether oxygens (including phenoxy) is 1. The number of nitrogens with zero attached hydrogens (tertiary/aromatic N) is 1. The maximum absolute atomic E-state index is 11.8. The van der Waals surface area contributed by atoms with Crippen molar-refractivity contribution in [2.24, 2.45) is 11.7 Å². The van der Waals surface area contributed by atoms with Crippen LogP contribution in [0.3, 0.4) is 0 Å². The minimum absolute atomic E-state index is 0.172. The maximum Gasteiger partial charge on any atom is 0.320 e. The third-order valence-corrected chi connectivity index (χ3v) is 3.36. The number of benzene rings is 1. The van der Waals surface area contributed by atoms with E-state index in [0.29, 0.717) is 19.1 Å². The number of hydrogen-bond donors (Lipinski definition) is 1. The van der Waals surface area contributed by atoms with Gasteiger partial charge in [0.15, 0.2) is 0 Å². The Bertz CT molecular complexity index is 398. The highest BCUT2D eigenvalue weighted by Gasteiger charge is 2.23. The van der Waals surface area contributed by atoms with Crippen LogP contribution in [0.4, 0.5) is 0 Å². The summed E-state index contributed by atoms with van der Waals surface area (Å²) in [7, 11) is 0. The Kier molecular flexibility index (Phi) is 4.93. The lowest BCUT2D eigenvalue weighted by molar-refractivity contribution is -0.146. The van der Waals surface area contributed by atoms with E-state index in [0.717, 1.165) is 25.1 Å². The van der Waals surface area contributed by atoms with Crippen molar-refractivity contribution in [2.75, 3.05) is 19.6 Å². The van der Waals surface area contributed by atoms with Crippen LogP contribution in [0.15, 0.2) is 30.3 Å². The summed E-state index contributed by atoms with van der Waals surface area (Å²) in [5.41, 5.74) is 6.98. The SMILES string of the molecule is C[C@@H]1C[C@H](N)CN(CC(=O)OCc2ccccc2)C1. The molecule has 19 heavy (non-hydrogen) atoms. The Morgan fingerprint density at radius 1 is 1.37 bits per heavy atom. The molecule has 104 valence electrons. The first kappa shape index (κ1) is 14.0. The van der Waals surface area contributed by atoms with Crippen molar-refractivity contribution in [3.05, 3.63) is 35.9 Å². The largest absolute Gasteiger partial charge is 0.460 e. The Balaban J connectivity index is 1.75. The molecule has 1 aliphatic heterocycles. The van der Waals surface area contributed by atoms with E-state index in [1.54, 1.807) is 0 Å². The van der Waals surface area contributed by atoms with E-state index in [-0.39, 0.29) is 12.0 Å². The fourth-order valence-electron chi connectivity index (χ4n) is 2.61. The van der Waals surface area contributed by atoms with Crippen LogP contribution in [0.25, 0.3) is 0 Å². The van der Waals surface area contributed by atoms with E-state index < -0.39 is 0 Å². The van der Waals surface area contributed by atoms with Crippen molar-refractivity contribution >= 4 is 5.97 Å². The lowest BCUT2D eigenvalue weighted by Gasteiger charge is -2.33. The summed E-state index contributed by atoms with van der Waals surface area (Å²) in [4.78, 5) is 13.9. The highest BCUT2D eigenvalue weighted by atomic mass is 16.5. The molecule has 4 heteroatoms. The van der Waals surface area contributed by atoms with E-state index in [1.807, 2.05) is 30.3 Å². The van der Waals surface area contributed by atoms with Crippen molar-refractivity contribution < 1.29 is 9.53 Å². The van der Waals surface area contributed by atoms with Gasteiger partial charge in [0.25, 0.3) is 0 Å². The van der Waals surface area contributed by atoms with Gasteiger partial charge >= 0.3 is 5.97 Å².